The maximum atomic E-state index is 4.63. The molecular weight excluding hydrogens is 206 g/mol. The quantitative estimate of drug-likeness (QED) is 0.794. The molecule has 0 N–H and O–H groups in total. The average Bonchev–Trinajstić information content (AvgIpc) is 2.84. The summed E-state index contributed by atoms with van der Waals surface area (Å²) in [6, 6.07) is 0. The molecule has 2 aromatic heterocycles. The van der Waals surface area contributed by atoms with Crippen molar-refractivity contribution in [3.8, 4) is 0 Å². The van der Waals surface area contributed by atoms with E-state index in [9.17, 15) is 0 Å². The molecular formula is C11H13N3S. The zero-order chi connectivity index (χ0) is 10.3. The van der Waals surface area contributed by atoms with Gasteiger partial charge in [0.2, 0.25) is 0 Å². The largest absolute Gasteiger partial charge is 0.266 e. The summed E-state index contributed by atoms with van der Waals surface area (Å²) in [6.45, 7) is 2.86. The van der Waals surface area contributed by atoms with Crippen molar-refractivity contribution in [2.45, 2.75) is 32.2 Å². The molecule has 4 heteroatoms. The molecule has 0 unspecified atom stereocenters. The predicted molar refractivity (Wildman–Crippen MR) is 60.2 cm³/mol. The topological polar surface area (TPSA) is 30.7 Å². The second-order valence-electron chi connectivity index (χ2n) is 4.17. The lowest BCUT2D eigenvalue weighted by atomic mass is 10.4. The minimum absolute atomic E-state index is 0.767. The molecule has 1 saturated carbocycles. The second kappa shape index (κ2) is 3.45. The third-order valence-electron chi connectivity index (χ3n) is 2.58. The van der Waals surface area contributed by atoms with E-state index < -0.39 is 0 Å². The Labute approximate surface area is 92.8 Å². The van der Waals surface area contributed by atoms with E-state index in [2.05, 4.69) is 28.6 Å². The molecule has 2 heterocycles. The smallest absolute Gasteiger partial charge is 0.0960 e. The highest BCUT2D eigenvalue weighted by atomic mass is 32.1. The number of aromatic nitrogens is 3. The van der Waals surface area contributed by atoms with Gasteiger partial charge in [0.15, 0.2) is 0 Å². The fourth-order valence-electron chi connectivity index (χ4n) is 1.63. The van der Waals surface area contributed by atoms with E-state index in [1.54, 1.807) is 11.3 Å². The van der Waals surface area contributed by atoms with Crippen molar-refractivity contribution >= 4 is 11.3 Å². The van der Waals surface area contributed by atoms with Crippen LogP contribution in [0.15, 0.2) is 17.8 Å². The van der Waals surface area contributed by atoms with Crippen LogP contribution in [-0.4, -0.2) is 14.8 Å². The molecule has 0 bridgehead atoms. The molecule has 1 aliphatic carbocycles. The zero-order valence-corrected chi connectivity index (χ0v) is 9.50. The van der Waals surface area contributed by atoms with Crippen LogP contribution >= 0.6 is 11.3 Å². The van der Waals surface area contributed by atoms with Gasteiger partial charge in [-0.15, -0.1) is 11.3 Å². The Bertz CT molecular complexity index is 468. The summed E-state index contributed by atoms with van der Waals surface area (Å²) in [5.74, 6) is 0.767. The molecule has 3 nitrogen and oxygen atoms in total. The summed E-state index contributed by atoms with van der Waals surface area (Å²) in [7, 11) is 0. The van der Waals surface area contributed by atoms with Gasteiger partial charge in [-0.3, -0.25) is 4.68 Å². The summed E-state index contributed by atoms with van der Waals surface area (Å²) in [4.78, 5) is 4.63. The second-order valence-corrected chi connectivity index (χ2v) is 5.06. The fraction of sp³-hybridized carbons (Fsp3) is 0.455. The van der Waals surface area contributed by atoms with E-state index in [4.69, 9.17) is 0 Å². The van der Waals surface area contributed by atoms with Crippen molar-refractivity contribution in [2.75, 3.05) is 0 Å². The molecule has 1 aliphatic rings. The summed E-state index contributed by atoms with van der Waals surface area (Å²) >= 11 is 1.79. The maximum absolute atomic E-state index is 4.63. The Morgan fingerprint density at radius 1 is 1.53 bits per heavy atom. The molecule has 0 amide bonds. The third-order valence-corrected chi connectivity index (χ3v) is 3.64. The molecule has 15 heavy (non-hydrogen) atoms. The van der Waals surface area contributed by atoms with Gasteiger partial charge in [0.1, 0.15) is 0 Å². The standard InChI is InChI=1S/C11H13N3S/c1-8-4-12-14(5-8)6-10-7-15-11(13-10)9-2-3-9/h4-5,7,9H,2-3,6H2,1H3. The molecule has 3 rings (SSSR count). The highest BCUT2D eigenvalue weighted by molar-refractivity contribution is 7.09. The van der Waals surface area contributed by atoms with E-state index in [0.717, 1.165) is 18.2 Å². The minimum atomic E-state index is 0.767. The van der Waals surface area contributed by atoms with Crippen LogP contribution in [0.5, 0.6) is 0 Å². The van der Waals surface area contributed by atoms with Crippen molar-refractivity contribution in [1.29, 1.82) is 0 Å². The minimum Gasteiger partial charge on any atom is -0.266 e. The first-order valence-corrected chi connectivity index (χ1v) is 6.12. The van der Waals surface area contributed by atoms with Gasteiger partial charge in [-0.05, 0) is 25.3 Å². The van der Waals surface area contributed by atoms with E-state index in [-0.39, 0.29) is 0 Å². The van der Waals surface area contributed by atoms with Crippen LogP contribution in [0.4, 0.5) is 0 Å². The number of hydrogen-bond acceptors (Lipinski definition) is 3. The Morgan fingerprint density at radius 2 is 2.40 bits per heavy atom. The molecule has 0 spiro atoms. The summed E-state index contributed by atoms with van der Waals surface area (Å²) in [6.07, 6.45) is 6.59. The van der Waals surface area contributed by atoms with Gasteiger partial charge in [0.25, 0.3) is 0 Å². The van der Waals surface area contributed by atoms with Gasteiger partial charge in [-0.2, -0.15) is 5.10 Å². The highest BCUT2D eigenvalue weighted by Gasteiger charge is 2.26. The molecule has 2 aromatic rings. The molecule has 0 aliphatic heterocycles. The van der Waals surface area contributed by atoms with Crippen molar-refractivity contribution < 1.29 is 0 Å². The highest BCUT2D eigenvalue weighted by Crippen LogP contribution is 2.41. The number of nitrogens with zero attached hydrogens (tertiary/aromatic N) is 3. The maximum Gasteiger partial charge on any atom is 0.0960 e. The van der Waals surface area contributed by atoms with Crippen LogP contribution in [0, 0.1) is 6.92 Å². The normalized spacial score (nSPS) is 15.8. The van der Waals surface area contributed by atoms with Gasteiger partial charge < -0.3 is 0 Å². The lowest BCUT2D eigenvalue weighted by molar-refractivity contribution is 0.673. The van der Waals surface area contributed by atoms with Gasteiger partial charge >= 0.3 is 0 Å². The van der Waals surface area contributed by atoms with Crippen LogP contribution in [0.1, 0.15) is 35.0 Å². The Hall–Kier alpha value is -1.16. The van der Waals surface area contributed by atoms with Crippen LogP contribution in [0.2, 0.25) is 0 Å². The summed E-state index contributed by atoms with van der Waals surface area (Å²) in [5.41, 5.74) is 2.35. The van der Waals surface area contributed by atoms with E-state index in [1.165, 1.54) is 23.4 Å². The van der Waals surface area contributed by atoms with Crippen LogP contribution < -0.4 is 0 Å². The van der Waals surface area contributed by atoms with Crippen LogP contribution in [0.3, 0.4) is 0 Å². The molecule has 0 radical (unpaired) electrons. The van der Waals surface area contributed by atoms with Gasteiger partial charge in [-0.1, -0.05) is 0 Å². The first-order valence-electron chi connectivity index (χ1n) is 5.24. The molecule has 78 valence electrons. The monoisotopic (exact) mass is 219 g/mol. The number of rotatable bonds is 3. The van der Waals surface area contributed by atoms with Gasteiger partial charge in [0.05, 0.1) is 23.4 Å². The zero-order valence-electron chi connectivity index (χ0n) is 8.68. The molecule has 0 saturated heterocycles. The number of thiazole rings is 1. The lowest BCUT2D eigenvalue weighted by Gasteiger charge is -1.96. The number of aryl methyl sites for hydroxylation is 1. The Balaban J connectivity index is 1.75. The SMILES string of the molecule is Cc1cnn(Cc2csc(C3CC3)n2)c1. The average molecular weight is 219 g/mol. The summed E-state index contributed by atoms with van der Waals surface area (Å²) in [5, 5.41) is 7.73. The third kappa shape index (κ3) is 1.95. The first kappa shape index (κ1) is 9.09. The Kier molecular flexibility index (Phi) is 2.09. The molecule has 0 atom stereocenters. The van der Waals surface area contributed by atoms with Crippen molar-refractivity contribution in [3.05, 3.63) is 34.0 Å². The van der Waals surface area contributed by atoms with Crippen LogP contribution in [-0.2, 0) is 6.54 Å². The van der Waals surface area contributed by atoms with E-state index >= 15 is 0 Å². The van der Waals surface area contributed by atoms with Gasteiger partial charge in [0, 0.05) is 17.5 Å². The first-order chi connectivity index (χ1) is 7.31. The van der Waals surface area contributed by atoms with Crippen molar-refractivity contribution in [3.63, 3.8) is 0 Å². The van der Waals surface area contributed by atoms with Crippen molar-refractivity contribution in [1.82, 2.24) is 14.8 Å². The van der Waals surface area contributed by atoms with Crippen molar-refractivity contribution in [2.24, 2.45) is 0 Å². The number of hydrogen-bond donors (Lipinski definition) is 0. The van der Waals surface area contributed by atoms with Gasteiger partial charge in [-0.25, -0.2) is 4.98 Å². The summed E-state index contributed by atoms with van der Waals surface area (Å²) < 4.78 is 1.95. The Morgan fingerprint density at radius 3 is 3.07 bits per heavy atom. The van der Waals surface area contributed by atoms with E-state index in [0.29, 0.717) is 0 Å². The fourth-order valence-corrected chi connectivity index (χ4v) is 2.61. The molecule has 1 fully saturated rings. The predicted octanol–water partition coefficient (Wildman–Crippen LogP) is 2.57. The molecule has 0 aromatic carbocycles. The van der Waals surface area contributed by atoms with Crippen LogP contribution in [0.25, 0.3) is 0 Å². The lowest BCUT2D eigenvalue weighted by Crippen LogP contribution is -2.00. The van der Waals surface area contributed by atoms with E-state index in [1.807, 2.05) is 10.9 Å².